The van der Waals surface area contributed by atoms with Gasteiger partial charge in [-0.1, -0.05) is 0 Å². The van der Waals surface area contributed by atoms with Gasteiger partial charge in [-0.05, 0) is 18.8 Å². The van der Waals surface area contributed by atoms with E-state index in [0.717, 1.165) is 32.2 Å². The van der Waals surface area contributed by atoms with Gasteiger partial charge in [-0.15, -0.1) is 0 Å². The topological polar surface area (TPSA) is 39.1 Å². The molecule has 84 valence electrons. The van der Waals surface area contributed by atoms with E-state index in [1.54, 1.807) is 0 Å². The van der Waals surface area contributed by atoms with E-state index in [1.165, 1.54) is 18.4 Å². The molecule has 0 unspecified atom stereocenters. The summed E-state index contributed by atoms with van der Waals surface area (Å²) >= 11 is 0. The Balaban J connectivity index is 1.47. The molecule has 0 saturated heterocycles. The highest BCUT2D eigenvalue weighted by Gasteiger charge is 2.20. The SMILES string of the molecule is Cn1cc(CNCCOCC2CC2)cn1. The average Bonchev–Trinajstić information content (AvgIpc) is 2.95. The van der Waals surface area contributed by atoms with Gasteiger partial charge in [0.05, 0.1) is 12.8 Å². The standard InChI is InChI=1S/C11H19N3O/c1-14-8-11(7-13-14)6-12-4-5-15-9-10-2-3-10/h7-8,10,12H,2-6,9H2,1H3. The van der Waals surface area contributed by atoms with Crippen LogP contribution in [0.15, 0.2) is 12.4 Å². The molecule has 0 bridgehead atoms. The van der Waals surface area contributed by atoms with E-state index in [4.69, 9.17) is 4.74 Å². The minimum absolute atomic E-state index is 0.816. The molecule has 1 aromatic heterocycles. The van der Waals surface area contributed by atoms with Crippen molar-refractivity contribution in [3.05, 3.63) is 18.0 Å². The van der Waals surface area contributed by atoms with Crippen LogP contribution in [0.25, 0.3) is 0 Å². The van der Waals surface area contributed by atoms with Crippen molar-refractivity contribution in [1.82, 2.24) is 15.1 Å². The van der Waals surface area contributed by atoms with E-state index >= 15 is 0 Å². The van der Waals surface area contributed by atoms with Gasteiger partial charge in [0, 0.05) is 38.5 Å². The largest absolute Gasteiger partial charge is 0.380 e. The highest BCUT2D eigenvalue weighted by Crippen LogP contribution is 2.28. The van der Waals surface area contributed by atoms with Crippen LogP contribution in [-0.2, 0) is 18.3 Å². The van der Waals surface area contributed by atoms with Gasteiger partial charge >= 0.3 is 0 Å². The molecule has 4 heteroatoms. The fourth-order valence-corrected chi connectivity index (χ4v) is 1.47. The molecule has 1 aromatic rings. The first-order valence-electron chi connectivity index (χ1n) is 5.60. The zero-order valence-corrected chi connectivity index (χ0v) is 9.28. The molecule has 2 rings (SSSR count). The molecule has 4 nitrogen and oxygen atoms in total. The Bertz CT molecular complexity index is 294. The Morgan fingerprint density at radius 3 is 3.13 bits per heavy atom. The molecule has 1 aliphatic carbocycles. The number of nitrogens with one attached hydrogen (secondary N) is 1. The van der Waals surface area contributed by atoms with Crippen LogP contribution in [0.3, 0.4) is 0 Å². The lowest BCUT2D eigenvalue weighted by atomic mass is 10.3. The number of aryl methyl sites for hydroxylation is 1. The van der Waals surface area contributed by atoms with Gasteiger partial charge in [-0.25, -0.2) is 0 Å². The van der Waals surface area contributed by atoms with Gasteiger partial charge in [-0.2, -0.15) is 5.10 Å². The highest BCUT2D eigenvalue weighted by atomic mass is 16.5. The third-order valence-corrected chi connectivity index (χ3v) is 2.56. The molecule has 0 spiro atoms. The minimum Gasteiger partial charge on any atom is -0.380 e. The van der Waals surface area contributed by atoms with Crippen LogP contribution in [0.2, 0.25) is 0 Å². The van der Waals surface area contributed by atoms with Crippen molar-refractivity contribution in [3.63, 3.8) is 0 Å². The van der Waals surface area contributed by atoms with Crippen LogP contribution in [-0.4, -0.2) is 29.5 Å². The number of ether oxygens (including phenoxy) is 1. The van der Waals surface area contributed by atoms with E-state index in [2.05, 4.69) is 10.4 Å². The number of aromatic nitrogens is 2. The van der Waals surface area contributed by atoms with Gasteiger partial charge in [0.2, 0.25) is 0 Å². The lowest BCUT2D eigenvalue weighted by molar-refractivity contribution is 0.126. The second-order valence-corrected chi connectivity index (χ2v) is 4.22. The molecule has 0 amide bonds. The Kier molecular flexibility index (Phi) is 3.75. The quantitative estimate of drug-likeness (QED) is 0.679. The van der Waals surface area contributed by atoms with Gasteiger partial charge in [0.25, 0.3) is 0 Å². The van der Waals surface area contributed by atoms with Crippen molar-refractivity contribution in [3.8, 4) is 0 Å². The van der Waals surface area contributed by atoms with E-state index in [-0.39, 0.29) is 0 Å². The van der Waals surface area contributed by atoms with Crippen molar-refractivity contribution in [2.24, 2.45) is 13.0 Å². The molecule has 1 heterocycles. The molecule has 1 aliphatic rings. The Labute approximate surface area is 90.6 Å². The van der Waals surface area contributed by atoms with E-state index in [9.17, 15) is 0 Å². The smallest absolute Gasteiger partial charge is 0.0591 e. The summed E-state index contributed by atoms with van der Waals surface area (Å²) in [4.78, 5) is 0. The molecule has 1 fully saturated rings. The Morgan fingerprint density at radius 1 is 1.60 bits per heavy atom. The average molecular weight is 209 g/mol. The van der Waals surface area contributed by atoms with Crippen LogP contribution in [0.4, 0.5) is 0 Å². The highest BCUT2D eigenvalue weighted by molar-refractivity contribution is 5.02. The van der Waals surface area contributed by atoms with Crippen LogP contribution < -0.4 is 5.32 Å². The Hall–Kier alpha value is -0.870. The molecule has 15 heavy (non-hydrogen) atoms. The van der Waals surface area contributed by atoms with Gasteiger partial charge in [-0.3, -0.25) is 4.68 Å². The first-order valence-corrected chi connectivity index (χ1v) is 5.60. The van der Waals surface area contributed by atoms with E-state index < -0.39 is 0 Å². The number of rotatable bonds is 7. The Morgan fingerprint density at radius 2 is 2.47 bits per heavy atom. The molecule has 1 saturated carbocycles. The minimum atomic E-state index is 0.816. The van der Waals surface area contributed by atoms with Crippen molar-refractivity contribution >= 4 is 0 Å². The molecule has 0 radical (unpaired) electrons. The van der Waals surface area contributed by atoms with Crippen molar-refractivity contribution in [1.29, 1.82) is 0 Å². The van der Waals surface area contributed by atoms with Crippen LogP contribution in [0, 0.1) is 5.92 Å². The second kappa shape index (κ2) is 5.28. The summed E-state index contributed by atoms with van der Waals surface area (Å²) in [5, 5.41) is 7.44. The summed E-state index contributed by atoms with van der Waals surface area (Å²) in [6.07, 6.45) is 6.64. The van der Waals surface area contributed by atoms with Crippen LogP contribution in [0.1, 0.15) is 18.4 Å². The van der Waals surface area contributed by atoms with Crippen LogP contribution in [0.5, 0.6) is 0 Å². The summed E-state index contributed by atoms with van der Waals surface area (Å²) in [5.41, 5.74) is 1.22. The fourth-order valence-electron chi connectivity index (χ4n) is 1.47. The lowest BCUT2D eigenvalue weighted by Gasteiger charge is -2.04. The first kappa shape index (κ1) is 10.6. The molecular formula is C11H19N3O. The lowest BCUT2D eigenvalue weighted by Crippen LogP contribution is -2.19. The summed E-state index contributed by atoms with van der Waals surface area (Å²) < 4.78 is 7.34. The number of nitrogens with zero attached hydrogens (tertiary/aromatic N) is 2. The normalized spacial score (nSPS) is 15.8. The van der Waals surface area contributed by atoms with E-state index in [0.29, 0.717) is 0 Å². The zero-order chi connectivity index (χ0) is 10.5. The molecule has 1 N–H and O–H groups in total. The van der Waals surface area contributed by atoms with E-state index in [1.807, 2.05) is 24.1 Å². The molecular weight excluding hydrogens is 190 g/mol. The third-order valence-electron chi connectivity index (χ3n) is 2.56. The fraction of sp³-hybridized carbons (Fsp3) is 0.727. The summed E-state index contributed by atoms with van der Waals surface area (Å²) in [5.74, 6) is 0.864. The number of hydrogen-bond acceptors (Lipinski definition) is 3. The summed E-state index contributed by atoms with van der Waals surface area (Å²) in [6.45, 7) is 3.56. The molecule has 0 atom stereocenters. The predicted octanol–water partition coefficient (Wildman–Crippen LogP) is 0.936. The molecule has 0 aromatic carbocycles. The van der Waals surface area contributed by atoms with Crippen molar-refractivity contribution < 1.29 is 4.74 Å². The van der Waals surface area contributed by atoms with Gasteiger partial charge in [0.1, 0.15) is 0 Å². The van der Waals surface area contributed by atoms with Crippen molar-refractivity contribution in [2.75, 3.05) is 19.8 Å². The zero-order valence-electron chi connectivity index (χ0n) is 9.28. The van der Waals surface area contributed by atoms with Crippen LogP contribution >= 0.6 is 0 Å². The predicted molar refractivity (Wildman–Crippen MR) is 58.5 cm³/mol. The maximum atomic E-state index is 5.52. The summed E-state index contributed by atoms with van der Waals surface area (Å²) in [6, 6.07) is 0. The maximum Gasteiger partial charge on any atom is 0.0591 e. The van der Waals surface area contributed by atoms with Crippen molar-refractivity contribution in [2.45, 2.75) is 19.4 Å². The van der Waals surface area contributed by atoms with Gasteiger partial charge < -0.3 is 10.1 Å². The maximum absolute atomic E-state index is 5.52. The monoisotopic (exact) mass is 209 g/mol. The number of hydrogen-bond donors (Lipinski definition) is 1. The first-order chi connectivity index (χ1) is 7.34. The molecule has 0 aliphatic heterocycles. The third kappa shape index (κ3) is 4.01. The van der Waals surface area contributed by atoms with Gasteiger partial charge in [0.15, 0.2) is 0 Å². The second-order valence-electron chi connectivity index (χ2n) is 4.22. The summed E-state index contributed by atoms with van der Waals surface area (Å²) in [7, 11) is 1.93.